The zero-order chi connectivity index (χ0) is 16.6. The Morgan fingerprint density at radius 1 is 1.04 bits per heavy atom. The van der Waals surface area contributed by atoms with Crippen molar-refractivity contribution in [1.29, 1.82) is 0 Å². The number of carbonyl (C=O) groups excluding carboxylic acids is 1. The lowest BCUT2D eigenvalue weighted by Gasteiger charge is -2.14. The van der Waals surface area contributed by atoms with Crippen LogP contribution < -0.4 is 14.4 Å². The Morgan fingerprint density at radius 2 is 1.70 bits per heavy atom. The van der Waals surface area contributed by atoms with Crippen LogP contribution in [-0.2, 0) is 4.79 Å². The molecule has 0 radical (unpaired) electrons. The summed E-state index contributed by atoms with van der Waals surface area (Å²) in [6.07, 6.45) is 0. The lowest BCUT2D eigenvalue weighted by atomic mass is 9.89. The second-order valence-corrected chi connectivity index (χ2v) is 5.45. The van der Waals surface area contributed by atoms with E-state index in [0.717, 1.165) is 33.9 Å². The Kier molecular flexibility index (Phi) is 3.99. The van der Waals surface area contributed by atoms with Gasteiger partial charge in [0.1, 0.15) is 0 Å². The highest BCUT2D eigenvalue weighted by molar-refractivity contribution is 6.06. The Bertz CT molecular complexity index is 754. The second-order valence-electron chi connectivity index (χ2n) is 5.45. The predicted octanol–water partition coefficient (Wildman–Crippen LogP) is 3.86. The zero-order valence-corrected chi connectivity index (χ0v) is 13.9. The molecule has 2 aliphatic rings. The minimum Gasteiger partial charge on any atom is -0.454 e. The monoisotopic (exact) mass is 311 g/mol. The molecule has 0 fully saturated rings. The zero-order valence-electron chi connectivity index (χ0n) is 13.9. The van der Waals surface area contributed by atoms with E-state index in [4.69, 9.17) is 9.47 Å². The number of ether oxygens (including phenoxy) is 2. The summed E-state index contributed by atoms with van der Waals surface area (Å²) in [5, 5.41) is 0. The predicted molar refractivity (Wildman–Crippen MR) is 90.3 cm³/mol. The molecule has 0 N–H and O–H groups in total. The van der Waals surface area contributed by atoms with Crippen molar-refractivity contribution in [2.45, 2.75) is 26.7 Å². The maximum absolute atomic E-state index is 12.7. The number of amides is 1. The molecule has 1 unspecified atom stereocenters. The van der Waals surface area contributed by atoms with E-state index in [2.05, 4.69) is 0 Å². The minimum atomic E-state index is -0.263. The van der Waals surface area contributed by atoms with Gasteiger partial charge in [-0.15, -0.1) is 0 Å². The molecule has 1 amide bonds. The van der Waals surface area contributed by atoms with Crippen LogP contribution in [0.3, 0.4) is 0 Å². The van der Waals surface area contributed by atoms with Crippen molar-refractivity contribution in [3.8, 4) is 11.5 Å². The number of nitrogens with zero attached hydrogens (tertiary/aromatic N) is 1. The molecule has 23 heavy (non-hydrogen) atoms. The molecule has 2 aromatic rings. The summed E-state index contributed by atoms with van der Waals surface area (Å²) in [7, 11) is 1.82. The van der Waals surface area contributed by atoms with Gasteiger partial charge in [-0.3, -0.25) is 4.79 Å². The number of aryl methyl sites for hydroxylation is 1. The molecule has 4 heteroatoms. The van der Waals surface area contributed by atoms with Gasteiger partial charge in [0.25, 0.3) is 0 Å². The fourth-order valence-corrected chi connectivity index (χ4v) is 3.15. The lowest BCUT2D eigenvalue weighted by Crippen LogP contribution is -2.24. The Hall–Kier alpha value is -2.49. The van der Waals surface area contributed by atoms with Crippen molar-refractivity contribution in [3.05, 3.63) is 53.1 Å². The van der Waals surface area contributed by atoms with Gasteiger partial charge in [-0.25, -0.2) is 0 Å². The summed E-state index contributed by atoms with van der Waals surface area (Å²) in [5.74, 6) is 1.30. The third kappa shape index (κ3) is 2.34. The molecule has 0 saturated heterocycles. The highest BCUT2D eigenvalue weighted by Gasteiger charge is 2.37. The van der Waals surface area contributed by atoms with E-state index in [1.807, 2.05) is 64.2 Å². The SMILES string of the molecule is CC.Cc1cc2c(cc1C1C(=O)N(C)c3ccccc31)OCO2. The number of likely N-dealkylation sites (N-methyl/N-ethyl adjacent to an activating group) is 1. The molecule has 0 aliphatic carbocycles. The van der Waals surface area contributed by atoms with Crippen LogP contribution in [0.5, 0.6) is 11.5 Å². The van der Waals surface area contributed by atoms with Crippen LogP contribution in [0.2, 0.25) is 0 Å². The van der Waals surface area contributed by atoms with Gasteiger partial charge < -0.3 is 14.4 Å². The maximum atomic E-state index is 12.7. The van der Waals surface area contributed by atoms with Crippen molar-refractivity contribution >= 4 is 11.6 Å². The fourth-order valence-electron chi connectivity index (χ4n) is 3.15. The first-order valence-corrected chi connectivity index (χ1v) is 7.93. The van der Waals surface area contributed by atoms with Crippen molar-refractivity contribution in [2.75, 3.05) is 18.7 Å². The van der Waals surface area contributed by atoms with Crippen molar-refractivity contribution in [1.82, 2.24) is 0 Å². The van der Waals surface area contributed by atoms with Gasteiger partial charge in [-0.1, -0.05) is 32.0 Å². The first kappa shape index (κ1) is 15.4. The van der Waals surface area contributed by atoms with E-state index in [1.54, 1.807) is 4.90 Å². The Balaban J connectivity index is 0.000000753. The van der Waals surface area contributed by atoms with Crippen molar-refractivity contribution in [2.24, 2.45) is 0 Å². The topological polar surface area (TPSA) is 38.8 Å². The Morgan fingerprint density at radius 3 is 2.43 bits per heavy atom. The van der Waals surface area contributed by atoms with E-state index in [1.165, 1.54) is 0 Å². The van der Waals surface area contributed by atoms with Gasteiger partial charge in [-0.2, -0.15) is 0 Å². The van der Waals surface area contributed by atoms with Gasteiger partial charge in [0.15, 0.2) is 11.5 Å². The minimum absolute atomic E-state index is 0.0955. The third-order valence-corrected chi connectivity index (χ3v) is 4.26. The van der Waals surface area contributed by atoms with E-state index < -0.39 is 0 Å². The highest BCUT2D eigenvalue weighted by Crippen LogP contribution is 2.44. The molecule has 4 rings (SSSR count). The number of fused-ring (bicyclic) bond motifs is 2. The van der Waals surface area contributed by atoms with E-state index in [0.29, 0.717) is 0 Å². The van der Waals surface area contributed by atoms with Crippen molar-refractivity contribution < 1.29 is 14.3 Å². The molecule has 0 saturated carbocycles. The molecular weight excluding hydrogens is 290 g/mol. The molecule has 0 bridgehead atoms. The van der Waals surface area contributed by atoms with Crippen LogP contribution in [0.1, 0.15) is 36.5 Å². The molecule has 2 aromatic carbocycles. The molecule has 0 aromatic heterocycles. The molecule has 0 spiro atoms. The number of benzene rings is 2. The first-order chi connectivity index (χ1) is 11.2. The van der Waals surface area contributed by atoms with Crippen LogP contribution in [0, 0.1) is 6.92 Å². The van der Waals surface area contributed by atoms with Gasteiger partial charge in [0, 0.05) is 12.7 Å². The van der Waals surface area contributed by atoms with Crippen molar-refractivity contribution in [3.63, 3.8) is 0 Å². The number of rotatable bonds is 1. The number of para-hydroxylation sites is 1. The average Bonchev–Trinajstić information content (AvgIpc) is 3.12. The molecule has 120 valence electrons. The van der Waals surface area contributed by atoms with E-state index >= 15 is 0 Å². The summed E-state index contributed by atoms with van der Waals surface area (Å²) >= 11 is 0. The lowest BCUT2D eigenvalue weighted by molar-refractivity contribution is -0.118. The smallest absolute Gasteiger partial charge is 0.238 e. The average molecular weight is 311 g/mol. The van der Waals surface area contributed by atoms with E-state index in [9.17, 15) is 4.79 Å². The summed E-state index contributed by atoms with van der Waals surface area (Å²) in [6, 6.07) is 11.8. The molecule has 2 heterocycles. The largest absolute Gasteiger partial charge is 0.454 e. The summed E-state index contributed by atoms with van der Waals surface area (Å²) in [5.41, 5.74) is 4.06. The fraction of sp³-hybridized carbons (Fsp3) is 0.316. The summed E-state index contributed by atoms with van der Waals surface area (Å²) in [4.78, 5) is 14.4. The van der Waals surface area contributed by atoms with Gasteiger partial charge in [0.05, 0.1) is 5.92 Å². The Labute approximate surface area is 136 Å². The molecule has 2 aliphatic heterocycles. The standard InChI is InChI=1S/C17H15NO3.C2H6/c1-10-7-14-15(21-9-20-14)8-12(10)16-11-5-3-4-6-13(11)18(2)17(16)19;1-2/h3-8,16H,9H2,1-2H3;1-2H3. The van der Waals surface area contributed by atoms with Gasteiger partial charge in [-0.05, 0) is 41.8 Å². The summed E-state index contributed by atoms with van der Waals surface area (Å²) < 4.78 is 10.9. The normalized spacial score (nSPS) is 17.7. The molecular formula is C19H21NO3. The van der Waals surface area contributed by atoms with Crippen LogP contribution in [0.4, 0.5) is 5.69 Å². The van der Waals surface area contributed by atoms with Crippen LogP contribution in [0.15, 0.2) is 36.4 Å². The van der Waals surface area contributed by atoms with Gasteiger partial charge >= 0.3 is 0 Å². The van der Waals surface area contributed by atoms with Gasteiger partial charge in [0.2, 0.25) is 12.7 Å². The molecule has 4 nitrogen and oxygen atoms in total. The number of carbonyl (C=O) groups is 1. The third-order valence-electron chi connectivity index (χ3n) is 4.26. The van der Waals surface area contributed by atoms with Crippen LogP contribution in [0.25, 0.3) is 0 Å². The van der Waals surface area contributed by atoms with Crippen LogP contribution in [-0.4, -0.2) is 19.7 Å². The number of hydrogen-bond donors (Lipinski definition) is 0. The number of anilines is 1. The maximum Gasteiger partial charge on any atom is 0.238 e. The quantitative estimate of drug-likeness (QED) is 0.803. The highest BCUT2D eigenvalue weighted by atomic mass is 16.7. The first-order valence-electron chi connectivity index (χ1n) is 7.93. The van der Waals surface area contributed by atoms with E-state index in [-0.39, 0.29) is 18.6 Å². The number of hydrogen-bond acceptors (Lipinski definition) is 3. The van der Waals surface area contributed by atoms with Crippen LogP contribution >= 0.6 is 0 Å². The second kappa shape index (κ2) is 5.95. The summed E-state index contributed by atoms with van der Waals surface area (Å²) in [6.45, 7) is 6.25. The molecule has 1 atom stereocenters.